The summed E-state index contributed by atoms with van der Waals surface area (Å²) in [6, 6.07) is 5.86. The van der Waals surface area contributed by atoms with E-state index >= 15 is 0 Å². The van der Waals surface area contributed by atoms with Crippen molar-refractivity contribution in [2.24, 2.45) is 0 Å². The van der Waals surface area contributed by atoms with Gasteiger partial charge in [0, 0.05) is 12.2 Å². The Labute approximate surface area is 126 Å². The number of nitrogens with zero attached hydrogens (tertiary/aromatic N) is 2. The molecule has 110 valence electrons. The Morgan fingerprint density at radius 3 is 2.71 bits per heavy atom. The minimum absolute atomic E-state index is 0.0134. The highest BCUT2D eigenvalue weighted by molar-refractivity contribution is 6.32. The van der Waals surface area contributed by atoms with Crippen molar-refractivity contribution in [3.8, 4) is 0 Å². The van der Waals surface area contributed by atoms with Gasteiger partial charge in [0.05, 0.1) is 12.8 Å². The third kappa shape index (κ3) is 4.70. The van der Waals surface area contributed by atoms with Crippen LogP contribution in [0.5, 0.6) is 0 Å². The van der Waals surface area contributed by atoms with Gasteiger partial charge in [0.25, 0.3) is 0 Å². The van der Waals surface area contributed by atoms with Crippen molar-refractivity contribution in [3.05, 3.63) is 53.5 Å². The van der Waals surface area contributed by atoms with Crippen LogP contribution in [0.15, 0.2) is 42.6 Å². The molecule has 0 aliphatic carbocycles. The second-order valence-corrected chi connectivity index (χ2v) is 4.46. The Hall–Kier alpha value is -2.18. The molecule has 7 heteroatoms. The van der Waals surface area contributed by atoms with Crippen molar-refractivity contribution >= 4 is 29.1 Å². The van der Waals surface area contributed by atoms with Gasteiger partial charge >= 0.3 is 0 Å². The maximum atomic E-state index is 12.9. The predicted octanol–water partition coefficient (Wildman–Crippen LogP) is 2.97. The number of halogens is 2. The van der Waals surface area contributed by atoms with E-state index in [1.165, 1.54) is 18.3 Å². The topological polar surface area (TPSA) is 70.1 Å². The second-order valence-electron chi connectivity index (χ2n) is 4.06. The van der Waals surface area contributed by atoms with Crippen molar-refractivity contribution < 1.29 is 9.50 Å². The number of aliphatic hydroxyl groups excluding tert-OH is 1. The van der Waals surface area contributed by atoms with E-state index in [0.29, 0.717) is 29.0 Å². The van der Waals surface area contributed by atoms with Gasteiger partial charge in [-0.15, -0.1) is 0 Å². The van der Waals surface area contributed by atoms with E-state index < -0.39 is 0 Å². The Balaban J connectivity index is 2.07. The van der Waals surface area contributed by atoms with Gasteiger partial charge in [-0.25, -0.2) is 9.37 Å². The number of rotatable bonds is 6. The second kappa shape index (κ2) is 7.56. The average Bonchev–Trinajstić information content (AvgIpc) is 2.49. The van der Waals surface area contributed by atoms with Crippen LogP contribution in [0.3, 0.4) is 0 Å². The van der Waals surface area contributed by atoms with E-state index in [0.717, 1.165) is 0 Å². The minimum Gasteiger partial charge on any atom is -0.392 e. The summed E-state index contributed by atoms with van der Waals surface area (Å²) in [5.74, 6) is 0.505. The molecule has 2 rings (SSSR count). The number of hydrogen-bond donors (Lipinski definition) is 3. The van der Waals surface area contributed by atoms with E-state index in [1.807, 2.05) is 0 Å². The first-order chi connectivity index (χ1) is 10.2. The maximum Gasteiger partial charge on any atom is 0.224 e. The highest BCUT2D eigenvalue weighted by atomic mass is 35.5. The van der Waals surface area contributed by atoms with Crippen LogP contribution in [0.1, 0.15) is 0 Å². The number of anilines is 3. The molecule has 0 fully saturated rings. The largest absolute Gasteiger partial charge is 0.392 e. The van der Waals surface area contributed by atoms with Crippen molar-refractivity contribution in [1.29, 1.82) is 0 Å². The first kappa shape index (κ1) is 15.2. The van der Waals surface area contributed by atoms with Gasteiger partial charge in [0.15, 0.2) is 5.82 Å². The molecule has 1 aromatic carbocycles. The molecule has 0 aliphatic heterocycles. The van der Waals surface area contributed by atoms with Crippen LogP contribution in [-0.2, 0) is 0 Å². The van der Waals surface area contributed by atoms with Crippen molar-refractivity contribution in [1.82, 2.24) is 9.97 Å². The molecule has 0 saturated heterocycles. The summed E-state index contributed by atoms with van der Waals surface area (Å²) >= 11 is 6.02. The van der Waals surface area contributed by atoms with Crippen LogP contribution in [0.4, 0.5) is 21.8 Å². The Morgan fingerprint density at radius 1 is 1.24 bits per heavy atom. The fourth-order valence-corrected chi connectivity index (χ4v) is 1.66. The van der Waals surface area contributed by atoms with Gasteiger partial charge in [-0.2, -0.15) is 4.98 Å². The first-order valence-electron chi connectivity index (χ1n) is 6.24. The predicted molar refractivity (Wildman–Crippen MR) is 81.4 cm³/mol. The molecular weight excluding hydrogens is 295 g/mol. The monoisotopic (exact) mass is 308 g/mol. The lowest BCUT2D eigenvalue weighted by molar-refractivity contribution is 0.342. The molecule has 1 heterocycles. The van der Waals surface area contributed by atoms with Crippen LogP contribution in [-0.4, -0.2) is 28.2 Å². The zero-order valence-electron chi connectivity index (χ0n) is 11.1. The summed E-state index contributed by atoms with van der Waals surface area (Å²) in [5, 5.41) is 14.9. The van der Waals surface area contributed by atoms with Crippen molar-refractivity contribution in [2.45, 2.75) is 0 Å². The summed E-state index contributed by atoms with van der Waals surface area (Å²) < 4.78 is 12.9. The lowest BCUT2D eigenvalue weighted by atomic mass is 10.3. The highest BCUT2D eigenvalue weighted by Crippen LogP contribution is 2.23. The third-order valence-electron chi connectivity index (χ3n) is 2.50. The van der Waals surface area contributed by atoms with Crippen molar-refractivity contribution in [2.75, 3.05) is 23.8 Å². The third-order valence-corrected chi connectivity index (χ3v) is 2.78. The summed E-state index contributed by atoms with van der Waals surface area (Å²) in [7, 11) is 0. The molecule has 0 atom stereocenters. The van der Waals surface area contributed by atoms with Crippen LogP contribution < -0.4 is 10.6 Å². The SMILES string of the molecule is OC/C=C/CNc1ncc(Cl)c(Nc2ccc(F)cc2)n1. The van der Waals surface area contributed by atoms with Gasteiger partial charge in [-0.3, -0.25) is 0 Å². The van der Waals surface area contributed by atoms with Gasteiger partial charge in [-0.05, 0) is 24.3 Å². The number of aromatic nitrogens is 2. The molecule has 21 heavy (non-hydrogen) atoms. The molecular formula is C14H14ClFN4O. The smallest absolute Gasteiger partial charge is 0.224 e. The van der Waals surface area contributed by atoms with E-state index in [1.54, 1.807) is 24.3 Å². The number of hydrogen-bond acceptors (Lipinski definition) is 5. The molecule has 0 spiro atoms. The Bertz CT molecular complexity index is 619. The van der Waals surface area contributed by atoms with Crippen LogP contribution in [0.25, 0.3) is 0 Å². The molecule has 0 aliphatic rings. The van der Waals surface area contributed by atoms with E-state index in [4.69, 9.17) is 16.7 Å². The highest BCUT2D eigenvalue weighted by Gasteiger charge is 2.05. The van der Waals surface area contributed by atoms with E-state index in [2.05, 4.69) is 20.6 Å². The average molecular weight is 309 g/mol. The Kier molecular flexibility index (Phi) is 5.48. The van der Waals surface area contributed by atoms with Crippen LogP contribution in [0, 0.1) is 5.82 Å². The van der Waals surface area contributed by atoms with E-state index in [9.17, 15) is 4.39 Å². The summed E-state index contributed by atoms with van der Waals surface area (Å²) in [6.45, 7) is 0.471. The molecule has 0 bridgehead atoms. The molecule has 3 N–H and O–H groups in total. The lowest BCUT2D eigenvalue weighted by Gasteiger charge is -2.09. The molecule has 0 radical (unpaired) electrons. The van der Waals surface area contributed by atoms with Gasteiger partial charge in [0.2, 0.25) is 5.95 Å². The molecule has 0 saturated carbocycles. The fraction of sp³-hybridized carbons (Fsp3) is 0.143. The Morgan fingerprint density at radius 2 is 2.00 bits per heavy atom. The van der Waals surface area contributed by atoms with Crippen LogP contribution in [0.2, 0.25) is 5.02 Å². The fourth-order valence-electron chi connectivity index (χ4n) is 1.52. The maximum absolute atomic E-state index is 12.9. The summed E-state index contributed by atoms with van der Waals surface area (Å²) in [6.07, 6.45) is 4.84. The number of benzene rings is 1. The number of nitrogens with one attached hydrogen (secondary N) is 2. The van der Waals surface area contributed by atoms with Crippen LogP contribution >= 0.6 is 11.6 Å². The number of aliphatic hydroxyl groups is 1. The quantitative estimate of drug-likeness (QED) is 0.716. The van der Waals surface area contributed by atoms with Gasteiger partial charge in [-0.1, -0.05) is 23.8 Å². The zero-order chi connectivity index (χ0) is 15.1. The standard InChI is InChI=1S/C14H14ClFN4O/c15-12-9-18-14(17-7-1-2-8-21)20-13(12)19-11-5-3-10(16)4-6-11/h1-6,9,21H,7-8H2,(H2,17,18,19,20)/b2-1+. The molecule has 1 aromatic heterocycles. The summed E-state index contributed by atoms with van der Waals surface area (Å²) in [5.41, 5.74) is 0.670. The lowest BCUT2D eigenvalue weighted by Crippen LogP contribution is -2.05. The van der Waals surface area contributed by atoms with Gasteiger partial charge < -0.3 is 15.7 Å². The molecule has 5 nitrogen and oxygen atoms in total. The first-order valence-corrected chi connectivity index (χ1v) is 6.61. The minimum atomic E-state index is -0.313. The summed E-state index contributed by atoms with van der Waals surface area (Å²) in [4.78, 5) is 8.27. The van der Waals surface area contributed by atoms with Gasteiger partial charge in [0.1, 0.15) is 10.8 Å². The molecule has 0 amide bonds. The normalized spacial score (nSPS) is 10.8. The van der Waals surface area contributed by atoms with E-state index in [-0.39, 0.29) is 12.4 Å². The molecule has 2 aromatic rings. The zero-order valence-corrected chi connectivity index (χ0v) is 11.8. The van der Waals surface area contributed by atoms with Crippen molar-refractivity contribution in [3.63, 3.8) is 0 Å². The molecule has 0 unspecified atom stereocenters.